The highest BCUT2D eigenvalue weighted by Gasteiger charge is 2.51. The van der Waals surface area contributed by atoms with Gasteiger partial charge in [-0.05, 0) is 66.4 Å². The van der Waals surface area contributed by atoms with Gasteiger partial charge in [-0.2, -0.15) is 0 Å². The van der Waals surface area contributed by atoms with Crippen LogP contribution in [0.15, 0.2) is 71.6 Å². The molecular formula is C27H30N2O6S. The number of benzene rings is 3. The fraction of sp³-hybridized carbons (Fsp3) is 0.333. The number of amides is 2. The zero-order valence-electron chi connectivity index (χ0n) is 20.2. The molecule has 1 saturated heterocycles. The predicted molar refractivity (Wildman–Crippen MR) is 137 cm³/mol. The number of fused-ring (bicyclic) bond motifs is 1. The fourth-order valence-electron chi connectivity index (χ4n) is 4.43. The Bertz CT molecular complexity index is 1350. The van der Waals surface area contributed by atoms with Gasteiger partial charge in [-0.3, -0.25) is 9.59 Å². The van der Waals surface area contributed by atoms with Gasteiger partial charge in [0.2, 0.25) is 5.91 Å². The van der Waals surface area contributed by atoms with Gasteiger partial charge in [0.1, 0.15) is 5.75 Å². The molecule has 0 aliphatic carbocycles. The van der Waals surface area contributed by atoms with Crippen molar-refractivity contribution < 1.29 is 27.5 Å². The molecule has 0 unspecified atom stereocenters. The molecule has 190 valence electrons. The second kappa shape index (κ2) is 10.7. The molecule has 1 fully saturated rings. The Labute approximate surface area is 210 Å². The van der Waals surface area contributed by atoms with E-state index in [-0.39, 0.29) is 36.9 Å². The molecule has 0 radical (unpaired) electrons. The average Bonchev–Trinajstić information content (AvgIpc) is 2.90. The van der Waals surface area contributed by atoms with Gasteiger partial charge in [0.25, 0.3) is 5.91 Å². The van der Waals surface area contributed by atoms with E-state index < -0.39 is 20.5 Å². The number of nitrogens with two attached hydrogens (primary N) is 1. The molecule has 8 nitrogen and oxygen atoms in total. The zero-order valence-corrected chi connectivity index (χ0v) is 21.0. The number of nitrogens with zero attached hydrogens (tertiary/aromatic N) is 1. The van der Waals surface area contributed by atoms with Crippen molar-refractivity contribution in [1.82, 2.24) is 4.90 Å². The third kappa shape index (κ3) is 5.08. The van der Waals surface area contributed by atoms with Gasteiger partial charge >= 0.3 is 0 Å². The molecule has 36 heavy (non-hydrogen) atoms. The number of carbonyl (C=O) groups excluding carboxylic acids is 2. The van der Waals surface area contributed by atoms with E-state index in [0.29, 0.717) is 30.9 Å². The van der Waals surface area contributed by atoms with Crippen LogP contribution in [0.3, 0.4) is 0 Å². The first-order valence-corrected chi connectivity index (χ1v) is 13.3. The fourth-order valence-corrected chi connectivity index (χ4v) is 6.34. The maximum absolute atomic E-state index is 13.2. The highest BCUT2D eigenvalue weighted by molar-refractivity contribution is 7.93. The summed E-state index contributed by atoms with van der Waals surface area (Å²) in [6, 6.07) is 19.5. The molecule has 1 aliphatic rings. The minimum absolute atomic E-state index is 0.0243. The molecule has 2 amide bonds. The van der Waals surface area contributed by atoms with E-state index in [1.165, 1.54) is 12.1 Å². The highest BCUT2D eigenvalue weighted by Crippen LogP contribution is 2.35. The van der Waals surface area contributed by atoms with Crippen LogP contribution < -0.4 is 10.5 Å². The van der Waals surface area contributed by atoms with Gasteiger partial charge in [-0.1, -0.05) is 30.3 Å². The molecule has 0 saturated carbocycles. The van der Waals surface area contributed by atoms with E-state index in [1.807, 2.05) is 42.5 Å². The Balaban J connectivity index is 1.31. The lowest BCUT2D eigenvalue weighted by Crippen LogP contribution is -2.53. The summed E-state index contributed by atoms with van der Waals surface area (Å²) in [5.41, 5.74) is 6.15. The summed E-state index contributed by atoms with van der Waals surface area (Å²) in [6.45, 7) is 1.19. The van der Waals surface area contributed by atoms with Crippen molar-refractivity contribution in [2.24, 2.45) is 5.73 Å². The van der Waals surface area contributed by atoms with Crippen molar-refractivity contribution in [2.45, 2.75) is 28.9 Å². The smallest absolute Gasteiger partial charge is 0.253 e. The third-order valence-corrected chi connectivity index (χ3v) is 9.18. The van der Waals surface area contributed by atoms with E-state index in [2.05, 4.69) is 0 Å². The highest BCUT2D eigenvalue weighted by atomic mass is 32.2. The number of rotatable bonds is 9. The Morgan fingerprint density at radius 3 is 2.33 bits per heavy atom. The van der Waals surface area contributed by atoms with Gasteiger partial charge in [0, 0.05) is 32.4 Å². The van der Waals surface area contributed by atoms with Crippen molar-refractivity contribution in [3.05, 3.63) is 72.3 Å². The monoisotopic (exact) mass is 510 g/mol. The van der Waals surface area contributed by atoms with Crippen molar-refractivity contribution in [3.8, 4) is 5.75 Å². The summed E-state index contributed by atoms with van der Waals surface area (Å²) in [6.07, 6.45) is 0.670. The van der Waals surface area contributed by atoms with Crippen molar-refractivity contribution in [2.75, 3.05) is 33.4 Å². The Morgan fingerprint density at radius 1 is 1.00 bits per heavy atom. The molecule has 0 spiro atoms. The molecule has 2 N–H and O–H groups in total. The maximum Gasteiger partial charge on any atom is 0.253 e. The Kier molecular flexibility index (Phi) is 7.61. The van der Waals surface area contributed by atoms with Crippen LogP contribution in [0.1, 0.15) is 29.6 Å². The standard InChI is InChI=1S/C27H30N2O6S/c1-29(25(30)22-8-7-20-5-2-3-6-21(20)19-22)15-4-16-35-23-9-11-24(12-10-23)36(32,33)27(26(28)31)13-17-34-18-14-27/h2-3,5-12,19H,4,13-18H2,1H3,(H2,28,31). The molecule has 4 rings (SSSR count). The van der Waals surface area contributed by atoms with E-state index >= 15 is 0 Å². The van der Waals surface area contributed by atoms with Gasteiger partial charge in [-0.15, -0.1) is 0 Å². The topological polar surface area (TPSA) is 116 Å². The van der Waals surface area contributed by atoms with Gasteiger partial charge in [0.05, 0.1) is 11.5 Å². The van der Waals surface area contributed by atoms with Crippen LogP contribution in [0, 0.1) is 0 Å². The molecule has 9 heteroatoms. The first-order valence-electron chi connectivity index (χ1n) is 11.8. The van der Waals surface area contributed by atoms with Crippen LogP contribution in [-0.4, -0.2) is 63.3 Å². The van der Waals surface area contributed by atoms with Crippen LogP contribution >= 0.6 is 0 Å². The lowest BCUT2D eigenvalue weighted by Gasteiger charge is -2.33. The minimum Gasteiger partial charge on any atom is -0.494 e. The van der Waals surface area contributed by atoms with E-state index in [9.17, 15) is 18.0 Å². The first-order chi connectivity index (χ1) is 17.2. The van der Waals surface area contributed by atoms with Crippen molar-refractivity contribution >= 4 is 32.4 Å². The van der Waals surface area contributed by atoms with Crippen molar-refractivity contribution in [1.29, 1.82) is 0 Å². The van der Waals surface area contributed by atoms with Crippen LogP contribution in [0.5, 0.6) is 5.75 Å². The second-order valence-corrected chi connectivity index (χ2v) is 11.2. The number of sulfone groups is 1. The molecule has 0 atom stereocenters. The summed E-state index contributed by atoms with van der Waals surface area (Å²) in [7, 11) is -2.23. The SMILES string of the molecule is CN(CCCOc1ccc(S(=O)(=O)C2(C(N)=O)CCOCC2)cc1)C(=O)c1ccc2ccccc2c1. The lowest BCUT2D eigenvalue weighted by molar-refractivity contribution is -0.122. The summed E-state index contributed by atoms with van der Waals surface area (Å²) in [4.78, 5) is 26.6. The van der Waals surface area contributed by atoms with Crippen molar-refractivity contribution in [3.63, 3.8) is 0 Å². The van der Waals surface area contributed by atoms with Gasteiger partial charge in [0.15, 0.2) is 14.6 Å². The third-order valence-electron chi connectivity index (χ3n) is 6.65. The zero-order chi connectivity index (χ0) is 25.8. The Morgan fingerprint density at radius 2 is 1.67 bits per heavy atom. The molecule has 3 aromatic rings. The van der Waals surface area contributed by atoms with Crippen LogP contribution in [0.4, 0.5) is 0 Å². The lowest BCUT2D eigenvalue weighted by atomic mass is 9.98. The normalized spacial score (nSPS) is 15.4. The molecule has 0 bridgehead atoms. The Hall–Kier alpha value is -3.43. The molecule has 1 heterocycles. The van der Waals surface area contributed by atoms with E-state index in [0.717, 1.165) is 10.8 Å². The quantitative estimate of drug-likeness (QED) is 0.442. The van der Waals surface area contributed by atoms with Gasteiger partial charge < -0.3 is 20.1 Å². The summed E-state index contributed by atoms with van der Waals surface area (Å²) < 4.78 is 35.8. The summed E-state index contributed by atoms with van der Waals surface area (Å²) >= 11 is 0. The molecule has 3 aromatic carbocycles. The average molecular weight is 511 g/mol. The number of ether oxygens (including phenoxy) is 2. The summed E-state index contributed by atoms with van der Waals surface area (Å²) in [5.74, 6) is -0.419. The predicted octanol–water partition coefficient (Wildman–Crippen LogP) is 3.19. The second-order valence-electron chi connectivity index (χ2n) is 8.94. The first kappa shape index (κ1) is 25.7. The molecular weight excluding hydrogens is 480 g/mol. The number of hydrogen-bond donors (Lipinski definition) is 1. The number of hydrogen-bond acceptors (Lipinski definition) is 6. The largest absolute Gasteiger partial charge is 0.494 e. The van der Waals surface area contributed by atoms with Gasteiger partial charge in [-0.25, -0.2) is 8.42 Å². The van der Waals surface area contributed by atoms with Crippen LogP contribution in [0.2, 0.25) is 0 Å². The summed E-state index contributed by atoms with van der Waals surface area (Å²) in [5, 5.41) is 2.10. The maximum atomic E-state index is 13.2. The minimum atomic E-state index is -3.98. The molecule has 1 aliphatic heterocycles. The molecule has 0 aromatic heterocycles. The van der Waals surface area contributed by atoms with E-state index in [1.54, 1.807) is 24.1 Å². The number of primary amides is 1. The number of carbonyl (C=O) groups is 2. The van der Waals surface area contributed by atoms with Crippen LogP contribution in [0.25, 0.3) is 10.8 Å². The van der Waals surface area contributed by atoms with E-state index in [4.69, 9.17) is 15.2 Å². The van der Waals surface area contributed by atoms with Crippen LogP contribution in [-0.2, 0) is 19.4 Å².